The lowest BCUT2D eigenvalue weighted by Gasteiger charge is -2.36. The van der Waals surface area contributed by atoms with Gasteiger partial charge >= 0.3 is 6.18 Å². The van der Waals surface area contributed by atoms with Gasteiger partial charge in [0.25, 0.3) is 0 Å². The fourth-order valence-electron chi connectivity index (χ4n) is 6.51. The molecule has 0 spiro atoms. The number of β-amino-alcohol motifs (C(OH)–C–C–N with tert-alkyl or cyclic N) is 1. The minimum atomic E-state index is -4.66. The van der Waals surface area contributed by atoms with Crippen LogP contribution in [-0.4, -0.2) is 132 Å². The SMILES string of the molecule is CS(=O)(=O)N1CCc2c(c(-c3ccc(C(F)(F)F)c(SCC(=O)N4CCOCC4)c3)nn2CC(O)CN2CCN(c3ncccc3Cl)CC2)C1. The zero-order chi connectivity index (χ0) is 35.6. The summed E-state index contributed by atoms with van der Waals surface area (Å²) in [6, 6.07) is 7.25. The van der Waals surface area contributed by atoms with Gasteiger partial charge in [-0.2, -0.15) is 22.6 Å². The summed E-state index contributed by atoms with van der Waals surface area (Å²) in [5.74, 6) is 0.260. The van der Waals surface area contributed by atoms with Crippen LogP contribution >= 0.6 is 23.4 Å². The van der Waals surface area contributed by atoms with Crippen LogP contribution in [0.15, 0.2) is 41.4 Å². The van der Waals surface area contributed by atoms with Gasteiger partial charge in [-0.3, -0.25) is 14.4 Å². The molecule has 50 heavy (non-hydrogen) atoms. The number of aliphatic hydroxyl groups is 1. The minimum absolute atomic E-state index is 0.00332. The molecule has 0 saturated carbocycles. The molecule has 0 radical (unpaired) electrons. The summed E-state index contributed by atoms with van der Waals surface area (Å²) in [6.45, 7) is 4.92. The highest BCUT2D eigenvalue weighted by Crippen LogP contribution is 2.40. The monoisotopic (exact) mass is 757 g/mol. The predicted molar refractivity (Wildman–Crippen MR) is 184 cm³/mol. The van der Waals surface area contributed by atoms with E-state index in [4.69, 9.17) is 21.4 Å². The molecule has 1 amide bonds. The molecule has 2 saturated heterocycles. The number of nitrogens with zero attached hydrogens (tertiary/aromatic N) is 7. The Hall–Kier alpha value is -2.93. The highest BCUT2D eigenvalue weighted by atomic mass is 35.5. The van der Waals surface area contributed by atoms with Crippen molar-refractivity contribution in [2.45, 2.75) is 36.7 Å². The van der Waals surface area contributed by atoms with Crippen LogP contribution in [0.1, 0.15) is 16.8 Å². The standard InChI is InChI=1S/C32H39ClF3N7O5S2/c1-50(46,47)42-8-6-27-24(20-42)30(22-4-5-25(32(34,35)36)28(17-22)49-21-29(45)40-13-15-48-16-14-40)38-43(27)19-23(44)18-39-9-11-41(12-10-39)31-26(33)3-2-7-37-31/h2-5,7,17,23,44H,6,8-16,18-21H2,1H3. The van der Waals surface area contributed by atoms with Gasteiger partial charge in [0.15, 0.2) is 0 Å². The van der Waals surface area contributed by atoms with E-state index in [1.807, 2.05) is 0 Å². The molecule has 1 aromatic carbocycles. The molecule has 3 aliphatic heterocycles. The van der Waals surface area contributed by atoms with Gasteiger partial charge in [0.2, 0.25) is 15.9 Å². The number of benzene rings is 1. The third-order valence-corrected chi connectivity index (χ3v) is 11.7. The number of aromatic nitrogens is 3. The Labute approximate surface area is 298 Å². The number of morpholine rings is 1. The first-order valence-electron chi connectivity index (χ1n) is 16.3. The predicted octanol–water partition coefficient (Wildman–Crippen LogP) is 3.07. The Morgan fingerprint density at radius 2 is 1.82 bits per heavy atom. The van der Waals surface area contributed by atoms with E-state index in [9.17, 15) is 31.5 Å². The number of amides is 1. The number of aliphatic hydroxyl groups excluding tert-OH is 1. The van der Waals surface area contributed by atoms with Crippen LogP contribution in [-0.2, 0) is 45.2 Å². The van der Waals surface area contributed by atoms with Crippen LogP contribution in [0, 0.1) is 0 Å². The molecule has 1 N–H and O–H groups in total. The summed E-state index contributed by atoms with van der Waals surface area (Å²) in [5, 5.41) is 16.6. The third-order valence-electron chi connectivity index (χ3n) is 9.11. The lowest BCUT2D eigenvalue weighted by Crippen LogP contribution is -2.49. The second-order valence-corrected chi connectivity index (χ2v) is 16.0. The van der Waals surface area contributed by atoms with Crippen molar-refractivity contribution in [1.82, 2.24) is 28.9 Å². The van der Waals surface area contributed by atoms with Crippen LogP contribution in [0.5, 0.6) is 0 Å². The van der Waals surface area contributed by atoms with Gasteiger partial charge in [-0.25, -0.2) is 13.4 Å². The summed E-state index contributed by atoms with van der Waals surface area (Å²) >= 11 is 7.14. The second kappa shape index (κ2) is 15.4. The largest absolute Gasteiger partial charge is 0.417 e. The second-order valence-electron chi connectivity index (χ2n) is 12.5. The van der Waals surface area contributed by atoms with Crippen molar-refractivity contribution in [1.29, 1.82) is 0 Å². The number of sulfonamides is 1. The average molecular weight is 758 g/mol. The van der Waals surface area contributed by atoms with Gasteiger partial charge in [0.05, 0.1) is 54.2 Å². The van der Waals surface area contributed by atoms with E-state index in [-0.39, 0.29) is 36.2 Å². The van der Waals surface area contributed by atoms with Gasteiger partial charge < -0.3 is 19.6 Å². The summed E-state index contributed by atoms with van der Waals surface area (Å²) in [5.41, 5.74) is 1.15. The smallest absolute Gasteiger partial charge is 0.390 e. The van der Waals surface area contributed by atoms with Crippen molar-refractivity contribution in [2.24, 2.45) is 0 Å². The van der Waals surface area contributed by atoms with Gasteiger partial charge in [-0.15, -0.1) is 11.8 Å². The number of anilines is 1. The van der Waals surface area contributed by atoms with Crippen molar-refractivity contribution in [2.75, 3.05) is 82.5 Å². The number of carbonyl (C=O) groups is 1. The maximum absolute atomic E-state index is 14.1. The summed E-state index contributed by atoms with van der Waals surface area (Å²) in [4.78, 5) is 22.9. The zero-order valence-corrected chi connectivity index (χ0v) is 29.9. The Kier molecular flexibility index (Phi) is 11.3. The molecule has 0 bridgehead atoms. The first-order valence-corrected chi connectivity index (χ1v) is 19.5. The number of halogens is 4. The normalized spacial score (nSPS) is 18.7. The number of alkyl halides is 3. The number of hydrogen-bond acceptors (Lipinski definition) is 10. The lowest BCUT2D eigenvalue weighted by molar-refractivity contribution is -0.139. The molecule has 3 aromatic rings. The van der Waals surface area contributed by atoms with Crippen molar-refractivity contribution < 1.29 is 36.2 Å². The highest BCUT2D eigenvalue weighted by molar-refractivity contribution is 8.00. The van der Waals surface area contributed by atoms with E-state index in [1.54, 1.807) is 27.9 Å². The lowest BCUT2D eigenvalue weighted by atomic mass is 10.0. The quantitative estimate of drug-likeness (QED) is 0.309. The summed E-state index contributed by atoms with van der Waals surface area (Å²) < 4.78 is 75.7. The molecule has 1 unspecified atom stereocenters. The van der Waals surface area contributed by atoms with E-state index in [2.05, 4.69) is 14.8 Å². The number of ether oxygens (including phenoxy) is 1. The topological polar surface area (TPSA) is 124 Å². The number of fused-ring (bicyclic) bond motifs is 1. The molecule has 12 nitrogen and oxygen atoms in total. The molecule has 2 fully saturated rings. The maximum atomic E-state index is 14.1. The number of rotatable bonds is 10. The Bertz CT molecular complexity index is 1800. The van der Waals surface area contributed by atoms with Gasteiger partial charge in [-0.05, 0) is 24.3 Å². The van der Waals surface area contributed by atoms with Crippen molar-refractivity contribution >= 4 is 45.1 Å². The van der Waals surface area contributed by atoms with Crippen molar-refractivity contribution in [3.05, 3.63) is 58.4 Å². The Morgan fingerprint density at radius 3 is 2.50 bits per heavy atom. The van der Waals surface area contributed by atoms with Crippen LogP contribution in [0.25, 0.3) is 11.3 Å². The molecule has 18 heteroatoms. The van der Waals surface area contributed by atoms with Crippen LogP contribution in [0.4, 0.5) is 19.0 Å². The highest BCUT2D eigenvalue weighted by Gasteiger charge is 2.36. The van der Waals surface area contributed by atoms with Crippen LogP contribution in [0.3, 0.4) is 0 Å². The minimum Gasteiger partial charge on any atom is -0.390 e. The fourth-order valence-corrected chi connectivity index (χ4v) is 8.55. The van der Waals surface area contributed by atoms with Gasteiger partial charge in [0, 0.05) is 93.2 Å². The first-order chi connectivity index (χ1) is 23.8. The molecule has 272 valence electrons. The Balaban J connectivity index is 1.22. The number of piperazine rings is 1. The van der Waals surface area contributed by atoms with E-state index in [0.29, 0.717) is 87.3 Å². The van der Waals surface area contributed by atoms with Gasteiger partial charge in [0.1, 0.15) is 5.82 Å². The number of thioether (sulfide) groups is 1. The van der Waals surface area contributed by atoms with E-state index < -0.39 is 27.9 Å². The number of hydrogen-bond donors (Lipinski definition) is 1. The summed E-state index contributed by atoms with van der Waals surface area (Å²) in [7, 11) is -3.57. The molecule has 6 rings (SSSR count). The zero-order valence-electron chi connectivity index (χ0n) is 27.5. The first kappa shape index (κ1) is 36.8. The van der Waals surface area contributed by atoms with Crippen molar-refractivity contribution in [3.8, 4) is 11.3 Å². The van der Waals surface area contributed by atoms with Gasteiger partial charge in [-0.1, -0.05) is 17.7 Å². The number of carbonyl (C=O) groups excluding carboxylic acids is 1. The average Bonchev–Trinajstić information content (AvgIpc) is 3.44. The van der Waals surface area contributed by atoms with E-state index in [0.717, 1.165) is 35.6 Å². The molecule has 5 heterocycles. The fraction of sp³-hybridized carbons (Fsp3) is 0.531. The van der Waals surface area contributed by atoms with Crippen LogP contribution < -0.4 is 4.90 Å². The third kappa shape index (κ3) is 8.57. The Morgan fingerprint density at radius 1 is 1.08 bits per heavy atom. The molecule has 3 aliphatic rings. The van der Waals surface area contributed by atoms with Crippen LogP contribution in [0.2, 0.25) is 5.02 Å². The molecule has 2 aromatic heterocycles. The molecular formula is C32H39ClF3N7O5S2. The summed E-state index contributed by atoms with van der Waals surface area (Å²) in [6.07, 6.45) is -2.35. The molecular weight excluding hydrogens is 719 g/mol. The van der Waals surface area contributed by atoms with Crippen molar-refractivity contribution in [3.63, 3.8) is 0 Å². The maximum Gasteiger partial charge on any atom is 0.417 e. The van der Waals surface area contributed by atoms with E-state index in [1.165, 1.54) is 16.4 Å². The number of pyridine rings is 1. The van der Waals surface area contributed by atoms with E-state index >= 15 is 0 Å². The molecule has 0 aliphatic carbocycles. The molecule has 1 atom stereocenters.